The molecule has 2 heterocycles. The van der Waals surface area contributed by atoms with Crippen molar-refractivity contribution in [2.75, 3.05) is 5.73 Å². The van der Waals surface area contributed by atoms with Gasteiger partial charge in [0.05, 0.1) is 5.39 Å². The van der Waals surface area contributed by atoms with Gasteiger partial charge in [-0.15, -0.1) is 0 Å². The van der Waals surface area contributed by atoms with E-state index in [1.54, 1.807) is 0 Å². The zero-order valence-electron chi connectivity index (χ0n) is 8.99. The quantitative estimate of drug-likeness (QED) is 0.649. The molecule has 0 aromatic carbocycles. The number of nitrogens with one attached hydrogen (secondary N) is 1. The Morgan fingerprint density at radius 3 is 2.44 bits per heavy atom. The minimum atomic E-state index is -5.08. The smallest absolute Gasteiger partial charge is 0.475 e. The molecule has 0 spiro atoms. The number of carboxylic acid groups (broad SMARTS) is 1. The molecule has 0 aliphatic carbocycles. The normalized spacial score (nSPS) is 10.9. The summed E-state index contributed by atoms with van der Waals surface area (Å²) >= 11 is 0. The number of anilines is 1. The second-order valence-electron chi connectivity index (χ2n) is 3.11. The van der Waals surface area contributed by atoms with Crippen LogP contribution in [0.4, 0.5) is 19.0 Å². The Morgan fingerprint density at radius 2 is 2.00 bits per heavy atom. The summed E-state index contributed by atoms with van der Waals surface area (Å²) in [4.78, 5) is 16.7. The minimum absolute atomic E-state index is 0.473. The number of carboxylic acids is 1. The number of aryl methyl sites for hydroxylation is 1. The van der Waals surface area contributed by atoms with Gasteiger partial charge < -0.3 is 10.8 Å². The highest BCUT2D eigenvalue weighted by Gasteiger charge is 2.38. The molecule has 0 aliphatic heterocycles. The maximum Gasteiger partial charge on any atom is 0.490 e. The summed E-state index contributed by atoms with van der Waals surface area (Å²) in [5.41, 5.74) is 7.11. The van der Waals surface area contributed by atoms with Gasteiger partial charge in [-0.2, -0.15) is 18.3 Å². The Balaban J connectivity index is 0.000000203. The number of nitrogens with zero attached hydrogens (tertiary/aromatic N) is 3. The third kappa shape index (κ3) is 3.06. The number of aliphatic carboxylic acids is 1. The summed E-state index contributed by atoms with van der Waals surface area (Å²) in [6.07, 6.45) is -3.68. The van der Waals surface area contributed by atoms with Crippen molar-refractivity contribution in [1.29, 1.82) is 0 Å². The van der Waals surface area contributed by atoms with Gasteiger partial charge in [-0.05, 0) is 6.92 Å². The summed E-state index contributed by atoms with van der Waals surface area (Å²) in [6.45, 7) is 1.88. The lowest BCUT2D eigenvalue weighted by molar-refractivity contribution is -0.192. The second kappa shape index (κ2) is 4.85. The van der Waals surface area contributed by atoms with E-state index in [1.165, 1.54) is 6.33 Å². The number of fused-ring (bicyclic) bond motifs is 1. The standard InChI is InChI=1S/C6H7N5.C2HF3O2/c1-3-4-5(7)8-2-9-6(4)11-10-3;3-2(4,5)1(6)7/h2H,1H3,(H3,7,8,9,10,11);(H,6,7). The van der Waals surface area contributed by atoms with E-state index in [0.717, 1.165) is 11.1 Å². The van der Waals surface area contributed by atoms with Crippen LogP contribution in [0.15, 0.2) is 6.33 Å². The third-order valence-corrected chi connectivity index (χ3v) is 1.80. The molecular weight excluding hydrogens is 255 g/mol. The molecule has 0 aliphatic rings. The first-order valence-electron chi connectivity index (χ1n) is 4.44. The van der Waals surface area contributed by atoms with Crippen LogP contribution < -0.4 is 5.73 Å². The largest absolute Gasteiger partial charge is 0.490 e. The maximum absolute atomic E-state index is 10.6. The topological polar surface area (TPSA) is 118 Å². The minimum Gasteiger partial charge on any atom is -0.475 e. The molecule has 98 valence electrons. The molecule has 2 aromatic rings. The maximum atomic E-state index is 10.6. The fourth-order valence-corrected chi connectivity index (χ4v) is 1.03. The lowest BCUT2D eigenvalue weighted by atomic mass is 10.3. The molecule has 0 fully saturated rings. The van der Waals surface area contributed by atoms with Crippen LogP contribution in [-0.4, -0.2) is 37.4 Å². The first kappa shape index (κ1) is 13.7. The average molecular weight is 263 g/mol. The van der Waals surface area contributed by atoms with Gasteiger partial charge in [-0.1, -0.05) is 0 Å². The number of H-pyrrole nitrogens is 1. The average Bonchev–Trinajstić information content (AvgIpc) is 2.61. The fourth-order valence-electron chi connectivity index (χ4n) is 1.03. The summed E-state index contributed by atoms with van der Waals surface area (Å²) in [5, 5.41) is 14.6. The van der Waals surface area contributed by atoms with Crippen molar-refractivity contribution >= 4 is 22.8 Å². The van der Waals surface area contributed by atoms with Gasteiger partial charge in [0, 0.05) is 5.69 Å². The van der Waals surface area contributed by atoms with E-state index in [9.17, 15) is 13.2 Å². The number of nitrogen functional groups attached to an aromatic ring is 1. The lowest BCUT2D eigenvalue weighted by Crippen LogP contribution is -2.21. The van der Waals surface area contributed by atoms with Crippen LogP contribution in [-0.2, 0) is 4.79 Å². The number of hydrogen-bond acceptors (Lipinski definition) is 5. The number of carbonyl (C=O) groups is 1. The number of aromatic nitrogens is 4. The molecule has 0 unspecified atom stereocenters. The van der Waals surface area contributed by atoms with Crippen molar-refractivity contribution in [3.8, 4) is 0 Å². The van der Waals surface area contributed by atoms with E-state index >= 15 is 0 Å². The Kier molecular flexibility index (Phi) is 3.69. The summed E-state index contributed by atoms with van der Waals surface area (Å²) < 4.78 is 31.7. The van der Waals surface area contributed by atoms with E-state index in [1.807, 2.05) is 6.92 Å². The Bertz CT molecular complexity index is 565. The van der Waals surface area contributed by atoms with Crippen LogP contribution in [0.2, 0.25) is 0 Å². The van der Waals surface area contributed by atoms with Gasteiger partial charge in [0.2, 0.25) is 0 Å². The van der Waals surface area contributed by atoms with Crippen molar-refractivity contribution in [1.82, 2.24) is 20.2 Å². The number of nitrogens with two attached hydrogens (primary N) is 1. The molecule has 4 N–H and O–H groups in total. The van der Waals surface area contributed by atoms with Crippen LogP contribution in [0.5, 0.6) is 0 Å². The summed E-state index contributed by atoms with van der Waals surface area (Å²) in [5.74, 6) is -2.28. The molecule has 0 saturated heterocycles. The highest BCUT2D eigenvalue weighted by Crippen LogP contribution is 2.16. The highest BCUT2D eigenvalue weighted by atomic mass is 19.4. The Hall–Kier alpha value is -2.39. The van der Waals surface area contributed by atoms with E-state index in [4.69, 9.17) is 15.6 Å². The molecule has 2 aromatic heterocycles. The van der Waals surface area contributed by atoms with Gasteiger partial charge in [0.1, 0.15) is 12.1 Å². The molecular formula is C8H8F3N5O2. The first-order valence-corrected chi connectivity index (χ1v) is 4.44. The Labute approximate surface area is 97.8 Å². The summed E-state index contributed by atoms with van der Waals surface area (Å²) in [6, 6.07) is 0. The van der Waals surface area contributed by atoms with Crippen LogP contribution in [0, 0.1) is 6.92 Å². The van der Waals surface area contributed by atoms with Gasteiger partial charge >= 0.3 is 12.1 Å². The zero-order chi connectivity index (χ0) is 13.9. The van der Waals surface area contributed by atoms with Crippen LogP contribution >= 0.6 is 0 Å². The molecule has 10 heteroatoms. The lowest BCUT2D eigenvalue weighted by Gasteiger charge is -1.93. The first-order chi connectivity index (χ1) is 8.23. The van der Waals surface area contributed by atoms with Gasteiger partial charge in [0.15, 0.2) is 5.65 Å². The van der Waals surface area contributed by atoms with E-state index in [-0.39, 0.29) is 0 Å². The predicted octanol–water partition coefficient (Wildman–Crippen LogP) is 0.877. The van der Waals surface area contributed by atoms with Crippen LogP contribution in [0.1, 0.15) is 5.69 Å². The molecule has 0 amide bonds. The highest BCUT2D eigenvalue weighted by molar-refractivity contribution is 5.87. The molecule has 0 atom stereocenters. The van der Waals surface area contributed by atoms with Crippen LogP contribution in [0.25, 0.3) is 11.0 Å². The fraction of sp³-hybridized carbons (Fsp3) is 0.250. The molecule has 2 rings (SSSR count). The van der Waals surface area contributed by atoms with Crippen molar-refractivity contribution in [2.45, 2.75) is 13.1 Å². The number of aromatic amines is 1. The van der Waals surface area contributed by atoms with Gasteiger partial charge in [-0.25, -0.2) is 14.8 Å². The van der Waals surface area contributed by atoms with Crippen molar-refractivity contribution in [2.24, 2.45) is 0 Å². The summed E-state index contributed by atoms with van der Waals surface area (Å²) in [7, 11) is 0. The number of alkyl halides is 3. The molecule has 0 saturated carbocycles. The second-order valence-corrected chi connectivity index (χ2v) is 3.11. The van der Waals surface area contributed by atoms with Crippen molar-refractivity contribution in [3.05, 3.63) is 12.0 Å². The molecule has 18 heavy (non-hydrogen) atoms. The Morgan fingerprint density at radius 1 is 1.44 bits per heavy atom. The van der Waals surface area contributed by atoms with Gasteiger partial charge in [0.25, 0.3) is 0 Å². The predicted molar refractivity (Wildman–Crippen MR) is 54.5 cm³/mol. The SMILES string of the molecule is Cc1[nH]nc2ncnc(N)c12.O=C(O)C(F)(F)F. The van der Waals surface area contributed by atoms with E-state index < -0.39 is 12.1 Å². The molecule has 0 radical (unpaired) electrons. The van der Waals surface area contributed by atoms with Crippen molar-refractivity contribution < 1.29 is 23.1 Å². The van der Waals surface area contributed by atoms with Crippen LogP contribution in [0.3, 0.4) is 0 Å². The van der Waals surface area contributed by atoms with Crippen molar-refractivity contribution in [3.63, 3.8) is 0 Å². The number of hydrogen-bond donors (Lipinski definition) is 3. The monoisotopic (exact) mass is 263 g/mol. The molecule has 0 bridgehead atoms. The zero-order valence-corrected chi connectivity index (χ0v) is 8.99. The van der Waals surface area contributed by atoms with Gasteiger partial charge in [-0.3, -0.25) is 5.10 Å². The molecule has 7 nitrogen and oxygen atoms in total. The number of rotatable bonds is 0. The van der Waals surface area contributed by atoms with E-state index in [0.29, 0.717) is 11.5 Å². The third-order valence-electron chi connectivity index (χ3n) is 1.80. The number of halogens is 3. The van der Waals surface area contributed by atoms with E-state index in [2.05, 4.69) is 20.2 Å².